The molecule has 1 aromatic carbocycles. The van der Waals surface area contributed by atoms with Gasteiger partial charge in [-0.25, -0.2) is 9.37 Å². The number of pyridine rings is 1. The molecular weight excluding hydrogens is 297 g/mol. The lowest BCUT2D eigenvalue weighted by atomic mass is 10.2. The molecule has 0 atom stereocenters. The molecule has 22 heavy (non-hydrogen) atoms. The SMILES string of the molecule is Fc1ccc(OC(F)F)c(CNc2cnc3[nH]ncc3c2)c1. The summed E-state index contributed by atoms with van der Waals surface area (Å²) in [4.78, 5) is 4.14. The number of H-pyrrole nitrogens is 1. The van der Waals surface area contributed by atoms with Crippen molar-refractivity contribution in [3.63, 3.8) is 0 Å². The van der Waals surface area contributed by atoms with Gasteiger partial charge < -0.3 is 10.1 Å². The molecule has 5 nitrogen and oxygen atoms in total. The monoisotopic (exact) mass is 308 g/mol. The molecule has 2 heterocycles. The maximum Gasteiger partial charge on any atom is 0.387 e. The fourth-order valence-corrected chi connectivity index (χ4v) is 2.03. The molecule has 114 valence electrons. The lowest BCUT2D eigenvalue weighted by molar-refractivity contribution is -0.0504. The molecule has 0 saturated heterocycles. The predicted octanol–water partition coefficient (Wildman–Crippen LogP) is 3.31. The van der Waals surface area contributed by atoms with Gasteiger partial charge in [-0.2, -0.15) is 13.9 Å². The van der Waals surface area contributed by atoms with Gasteiger partial charge >= 0.3 is 6.61 Å². The summed E-state index contributed by atoms with van der Waals surface area (Å²) < 4.78 is 42.4. The minimum absolute atomic E-state index is 0.0683. The molecule has 0 spiro atoms. The molecule has 0 saturated carbocycles. The molecule has 2 aromatic heterocycles. The van der Waals surface area contributed by atoms with Crippen LogP contribution in [0.2, 0.25) is 0 Å². The number of benzene rings is 1. The van der Waals surface area contributed by atoms with Gasteiger partial charge in [0.15, 0.2) is 5.65 Å². The van der Waals surface area contributed by atoms with E-state index in [1.807, 2.05) is 0 Å². The minimum atomic E-state index is -2.96. The first-order chi connectivity index (χ1) is 10.6. The third-order valence-electron chi connectivity index (χ3n) is 3.01. The molecule has 0 aliphatic carbocycles. The van der Waals surface area contributed by atoms with Crippen molar-refractivity contribution >= 4 is 16.7 Å². The van der Waals surface area contributed by atoms with Crippen molar-refractivity contribution < 1.29 is 17.9 Å². The van der Waals surface area contributed by atoms with Crippen molar-refractivity contribution in [1.82, 2.24) is 15.2 Å². The zero-order valence-corrected chi connectivity index (χ0v) is 11.2. The van der Waals surface area contributed by atoms with E-state index in [1.54, 1.807) is 18.5 Å². The Morgan fingerprint density at radius 2 is 2.09 bits per heavy atom. The predicted molar refractivity (Wildman–Crippen MR) is 74.2 cm³/mol. The average molecular weight is 308 g/mol. The first-order valence-electron chi connectivity index (χ1n) is 6.38. The highest BCUT2D eigenvalue weighted by Crippen LogP contribution is 2.23. The van der Waals surface area contributed by atoms with Crippen LogP contribution in [0.4, 0.5) is 18.9 Å². The minimum Gasteiger partial charge on any atom is -0.434 e. The maximum absolute atomic E-state index is 13.3. The fraction of sp³-hybridized carbons (Fsp3) is 0.143. The van der Waals surface area contributed by atoms with Crippen molar-refractivity contribution in [2.45, 2.75) is 13.2 Å². The summed E-state index contributed by atoms with van der Waals surface area (Å²) in [7, 11) is 0. The van der Waals surface area contributed by atoms with E-state index in [0.717, 1.165) is 17.5 Å². The Bertz CT molecular complexity index is 791. The standard InChI is InChI=1S/C14H11F3N4O/c15-10-1-2-12(22-14(16)17)8(3-10)5-18-11-4-9-6-20-21-13(9)19-7-11/h1-4,6-7,14,18H,5H2,(H,19,20,21). The van der Waals surface area contributed by atoms with Crippen molar-refractivity contribution in [2.24, 2.45) is 0 Å². The molecule has 0 bridgehead atoms. The summed E-state index contributed by atoms with van der Waals surface area (Å²) in [5.74, 6) is -0.594. The molecule has 3 aromatic rings. The summed E-state index contributed by atoms with van der Waals surface area (Å²) in [6.45, 7) is -2.85. The van der Waals surface area contributed by atoms with E-state index in [4.69, 9.17) is 0 Å². The number of ether oxygens (including phenoxy) is 1. The smallest absolute Gasteiger partial charge is 0.387 e. The van der Waals surface area contributed by atoms with Gasteiger partial charge in [0.2, 0.25) is 0 Å². The Morgan fingerprint density at radius 3 is 2.91 bits per heavy atom. The van der Waals surface area contributed by atoms with Crippen LogP contribution >= 0.6 is 0 Å². The molecule has 0 unspecified atom stereocenters. The van der Waals surface area contributed by atoms with E-state index in [1.165, 1.54) is 6.07 Å². The van der Waals surface area contributed by atoms with Crippen LogP contribution in [0.5, 0.6) is 5.75 Å². The van der Waals surface area contributed by atoms with E-state index >= 15 is 0 Å². The highest BCUT2D eigenvalue weighted by molar-refractivity contribution is 5.77. The summed E-state index contributed by atoms with van der Waals surface area (Å²) in [5.41, 5.74) is 1.58. The number of nitrogens with zero attached hydrogens (tertiary/aromatic N) is 2. The van der Waals surface area contributed by atoms with E-state index < -0.39 is 12.4 Å². The molecule has 0 fully saturated rings. The average Bonchev–Trinajstić information content (AvgIpc) is 2.94. The Kier molecular flexibility index (Phi) is 3.82. The first-order valence-corrected chi connectivity index (χ1v) is 6.38. The third-order valence-corrected chi connectivity index (χ3v) is 3.01. The number of hydrogen-bond acceptors (Lipinski definition) is 4. The normalized spacial score (nSPS) is 11.1. The second-order valence-electron chi connectivity index (χ2n) is 4.52. The Morgan fingerprint density at radius 1 is 1.23 bits per heavy atom. The van der Waals surface area contributed by atoms with Crippen molar-refractivity contribution in [3.8, 4) is 5.75 Å². The Labute approximate surface area is 123 Å². The number of nitrogens with one attached hydrogen (secondary N) is 2. The van der Waals surface area contributed by atoms with Crippen molar-refractivity contribution in [2.75, 3.05) is 5.32 Å². The molecule has 2 N–H and O–H groups in total. The molecule has 8 heteroatoms. The van der Waals surface area contributed by atoms with Crippen LogP contribution in [0.1, 0.15) is 5.56 Å². The second-order valence-corrected chi connectivity index (χ2v) is 4.52. The van der Waals surface area contributed by atoms with Gasteiger partial charge in [0.05, 0.1) is 18.1 Å². The fourth-order valence-electron chi connectivity index (χ4n) is 2.03. The Hall–Kier alpha value is -2.77. The zero-order valence-electron chi connectivity index (χ0n) is 11.2. The van der Waals surface area contributed by atoms with Crippen LogP contribution in [0.25, 0.3) is 11.0 Å². The number of rotatable bonds is 5. The zero-order chi connectivity index (χ0) is 15.5. The van der Waals surface area contributed by atoms with Gasteiger partial charge in [0.1, 0.15) is 11.6 Å². The van der Waals surface area contributed by atoms with Gasteiger partial charge in [0, 0.05) is 17.5 Å². The summed E-state index contributed by atoms with van der Waals surface area (Å²) >= 11 is 0. The third kappa shape index (κ3) is 3.11. The maximum atomic E-state index is 13.3. The molecule has 0 amide bonds. The van der Waals surface area contributed by atoms with Crippen molar-refractivity contribution in [3.05, 3.63) is 48.0 Å². The van der Waals surface area contributed by atoms with E-state index in [-0.39, 0.29) is 17.9 Å². The molecule has 0 aliphatic heterocycles. The van der Waals surface area contributed by atoms with Crippen LogP contribution in [0, 0.1) is 5.82 Å². The van der Waals surface area contributed by atoms with Gasteiger partial charge in [-0.05, 0) is 24.3 Å². The largest absolute Gasteiger partial charge is 0.434 e. The number of anilines is 1. The number of alkyl halides is 2. The second kappa shape index (κ2) is 5.92. The van der Waals surface area contributed by atoms with Gasteiger partial charge in [-0.15, -0.1) is 0 Å². The lowest BCUT2D eigenvalue weighted by Gasteiger charge is -2.12. The molecule has 0 radical (unpaired) electrons. The molecule has 0 aliphatic rings. The van der Waals surface area contributed by atoms with Crippen molar-refractivity contribution in [1.29, 1.82) is 0 Å². The summed E-state index contributed by atoms with van der Waals surface area (Å²) in [5, 5.41) is 10.4. The van der Waals surface area contributed by atoms with Crippen LogP contribution in [-0.4, -0.2) is 21.8 Å². The first kappa shape index (κ1) is 14.2. The molecular formula is C14H11F3N4O. The number of aromatic nitrogens is 3. The van der Waals surface area contributed by atoms with Gasteiger partial charge in [0.25, 0.3) is 0 Å². The number of hydrogen-bond donors (Lipinski definition) is 2. The van der Waals surface area contributed by atoms with E-state index in [0.29, 0.717) is 11.3 Å². The van der Waals surface area contributed by atoms with Crippen LogP contribution in [0.3, 0.4) is 0 Å². The van der Waals surface area contributed by atoms with Gasteiger partial charge in [-0.1, -0.05) is 0 Å². The van der Waals surface area contributed by atoms with Crippen LogP contribution in [0.15, 0.2) is 36.7 Å². The van der Waals surface area contributed by atoms with E-state index in [9.17, 15) is 13.2 Å². The number of fused-ring (bicyclic) bond motifs is 1. The van der Waals surface area contributed by atoms with E-state index in [2.05, 4.69) is 25.2 Å². The highest BCUT2D eigenvalue weighted by Gasteiger charge is 2.11. The Balaban J connectivity index is 1.78. The van der Waals surface area contributed by atoms with Gasteiger partial charge in [-0.3, -0.25) is 5.10 Å². The number of halogens is 3. The van der Waals surface area contributed by atoms with Crippen LogP contribution in [-0.2, 0) is 6.54 Å². The van der Waals surface area contributed by atoms with Crippen LogP contribution < -0.4 is 10.1 Å². The summed E-state index contributed by atoms with van der Waals surface area (Å²) in [6, 6.07) is 5.18. The molecule has 3 rings (SSSR count). The highest BCUT2D eigenvalue weighted by atomic mass is 19.3. The lowest BCUT2D eigenvalue weighted by Crippen LogP contribution is -2.07. The summed E-state index contributed by atoms with van der Waals surface area (Å²) in [6.07, 6.45) is 3.18. The number of aromatic amines is 1. The topological polar surface area (TPSA) is 62.8 Å². The quantitative estimate of drug-likeness (QED) is 0.759.